The molecule has 4 aliphatic carbocycles. The van der Waals surface area contributed by atoms with Crippen LogP contribution >= 0.6 is 0 Å². The fourth-order valence-corrected chi connectivity index (χ4v) is 8.76. The summed E-state index contributed by atoms with van der Waals surface area (Å²) in [6, 6.07) is 7.43. The highest BCUT2D eigenvalue weighted by atomic mass is 16.6. The standard InChI is InChI=1S/C28H24N4O8/c33-23-19-3-1-17(31(37)38)6-21(19)25(35)29(23)13-27-8-15-5-16(9-27)11-28(10-15,12-27)14-30-24(34)20-4-2-18(32(39)40)7-22(20)26(30)36/h1-4,6-7,15-16H,5,8-14H2. The Kier molecular flexibility index (Phi) is 4.93. The summed E-state index contributed by atoms with van der Waals surface area (Å²) in [7, 11) is 0. The number of amides is 4. The maximum Gasteiger partial charge on any atom is 0.270 e. The zero-order chi connectivity index (χ0) is 28.1. The number of carbonyl (C=O) groups excluding carboxylic acids is 4. The van der Waals surface area contributed by atoms with Gasteiger partial charge in [-0.25, -0.2) is 0 Å². The summed E-state index contributed by atoms with van der Waals surface area (Å²) >= 11 is 0. The van der Waals surface area contributed by atoms with Gasteiger partial charge in [0.1, 0.15) is 0 Å². The molecule has 204 valence electrons. The number of hydrogen-bond donors (Lipinski definition) is 0. The van der Waals surface area contributed by atoms with Crippen LogP contribution in [0.1, 0.15) is 80.0 Å². The molecule has 0 saturated heterocycles. The summed E-state index contributed by atoms with van der Waals surface area (Å²) in [6.45, 7) is 0.381. The molecular weight excluding hydrogens is 520 g/mol. The lowest BCUT2D eigenvalue weighted by Crippen LogP contribution is -2.59. The number of non-ortho nitro benzene ring substituents is 2. The van der Waals surface area contributed by atoms with Crippen LogP contribution in [0, 0.1) is 42.9 Å². The van der Waals surface area contributed by atoms with Crippen LogP contribution in [0.15, 0.2) is 36.4 Å². The fraction of sp³-hybridized carbons (Fsp3) is 0.429. The van der Waals surface area contributed by atoms with E-state index >= 15 is 0 Å². The summed E-state index contributed by atoms with van der Waals surface area (Å²) in [4.78, 5) is 76.8. The van der Waals surface area contributed by atoms with Crippen molar-refractivity contribution < 1.29 is 29.0 Å². The number of carbonyl (C=O) groups is 4. The average Bonchev–Trinajstić information content (AvgIpc) is 3.27. The second-order valence-electron chi connectivity index (χ2n) is 12.3. The second-order valence-corrected chi connectivity index (χ2v) is 12.3. The monoisotopic (exact) mass is 544 g/mol. The third-order valence-corrected chi connectivity index (χ3v) is 9.62. The van der Waals surface area contributed by atoms with Crippen LogP contribution in [-0.2, 0) is 0 Å². The Morgan fingerprint density at radius 3 is 1.40 bits per heavy atom. The van der Waals surface area contributed by atoms with Gasteiger partial charge in [0.25, 0.3) is 35.0 Å². The van der Waals surface area contributed by atoms with E-state index in [4.69, 9.17) is 0 Å². The number of nitro benzene ring substituents is 2. The molecule has 40 heavy (non-hydrogen) atoms. The van der Waals surface area contributed by atoms with E-state index in [-0.39, 0.29) is 57.5 Å². The minimum atomic E-state index is -0.596. The van der Waals surface area contributed by atoms with E-state index in [1.807, 2.05) is 0 Å². The average molecular weight is 545 g/mol. The Balaban J connectivity index is 1.16. The number of fused-ring (bicyclic) bond motifs is 2. The molecule has 4 saturated carbocycles. The number of rotatable bonds is 6. The van der Waals surface area contributed by atoms with E-state index in [0.29, 0.717) is 18.3 Å². The lowest BCUT2D eigenvalue weighted by Gasteiger charge is -2.63. The van der Waals surface area contributed by atoms with Crippen molar-refractivity contribution >= 4 is 35.0 Å². The third-order valence-electron chi connectivity index (χ3n) is 9.62. The van der Waals surface area contributed by atoms with Gasteiger partial charge in [0, 0.05) is 37.4 Å². The number of hydrogen-bond acceptors (Lipinski definition) is 8. The highest BCUT2D eigenvalue weighted by Gasteiger charge is 2.60. The van der Waals surface area contributed by atoms with Crippen molar-refractivity contribution in [2.75, 3.05) is 13.1 Å². The van der Waals surface area contributed by atoms with Gasteiger partial charge in [-0.05, 0) is 73.3 Å². The van der Waals surface area contributed by atoms with E-state index in [0.717, 1.165) is 44.2 Å². The first-order valence-electron chi connectivity index (χ1n) is 13.3. The molecule has 2 aromatic rings. The molecule has 12 nitrogen and oxygen atoms in total. The highest BCUT2D eigenvalue weighted by Crippen LogP contribution is 2.66. The van der Waals surface area contributed by atoms with Crippen molar-refractivity contribution in [3.63, 3.8) is 0 Å². The Morgan fingerprint density at radius 2 is 1.02 bits per heavy atom. The molecule has 2 heterocycles. The molecule has 2 aliphatic heterocycles. The predicted molar refractivity (Wildman–Crippen MR) is 136 cm³/mol. The number of benzene rings is 2. The lowest BCUT2D eigenvalue weighted by atomic mass is 9.44. The smallest absolute Gasteiger partial charge is 0.270 e. The van der Waals surface area contributed by atoms with Crippen molar-refractivity contribution in [3.8, 4) is 0 Å². The number of nitro groups is 2. The summed E-state index contributed by atoms with van der Waals surface area (Å²) in [5.74, 6) is -1.32. The van der Waals surface area contributed by atoms with Gasteiger partial charge in [-0.1, -0.05) is 0 Å². The lowest BCUT2D eigenvalue weighted by molar-refractivity contribution is -0.385. The second kappa shape index (κ2) is 8.03. The van der Waals surface area contributed by atoms with Crippen LogP contribution in [0.2, 0.25) is 0 Å². The highest BCUT2D eigenvalue weighted by molar-refractivity contribution is 6.22. The van der Waals surface area contributed by atoms with Crippen LogP contribution in [0.3, 0.4) is 0 Å². The molecule has 0 atom stereocenters. The van der Waals surface area contributed by atoms with Crippen molar-refractivity contribution in [2.45, 2.75) is 38.5 Å². The minimum absolute atomic E-state index is 0.0405. The van der Waals surface area contributed by atoms with Gasteiger partial charge in [-0.15, -0.1) is 0 Å². The molecule has 4 bridgehead atoms. The zero-order valence-electron chi connectivity index (χ0n) is 21.3. The van der Waals surface area contributed by atoms with Crippen molar-refractivity contribution in [1.82, 2.24) is 9.80 Å². The summed E-state index contributed by atoms with van der Waals surface area (Å²) in [5, 5.41) is 22.5. The van der Waals surface area contributed by atoms with Crippen LogP contribution in [0.5, 0.6) is 0 Å². The molecule has 12 heteroatoms. The number of imide groups is 2. The predicted octanol–water partition coefficient (Wildman–Crippen LogP) is 3.98. The van der Waals surface area contributed by atoms with Crippen LogP contribution in [0.4, 0.5) is 11.4 Å². The van der Waals surface area contributed by atoms with Gasteiger partial charge in [0.15, 0.2) is 0 Å². The molecule has 0 radical (unpaired) electrons. The summed E-state index contributed by atoms with van der Waals surface area (Å²) in [6.07, 6.45) is 4.96. The molecule has 0 N–H and O–H groups in total. The molecule has 0 aromatic heterocycles. The van der Waals surface area contributed by atoms with Gasteiger partial charge < -0.3 is 0 Å². The van der Waals surface area contributed by atoms with Gasteiger partial charge in [0.2, 0.25) is 0 Å². The van der Waals surface area contributed by atoms with E-state index in [2.05, 4.69) is 0 Å². The SMILES string of the molecule is O=C1c2ccc([N+](=O)[O-])cc2C(=O)N1CC12CC3CC(C1)CC(CN1C(=O)c4ccc([N+](=O)[O-])cc4C1=O)(C3)C2. The normalized spacial score (nSPS) is 29.8. The molecule has 4 fully saturated rings. The molecule has 6 aliphatic rings. The Labute approximate surface area is 227 Å². The van der Waals surface area contributed by atoms with E-state index in [1.165, 1.54) is 34.1 Å². The summed E-state index contributed by atoms with van der Waals surface area (Å²) in [5.41, 5.74) is -0.840. The maximum absolute atomic E-state index is 13.3. The molecule has 2 aromatic carbocycles. The fourth-order valence-electron chi connectivity index (χ4n) is 8.76. The topological polar surface area (TPSA) is 161 Å². The first-order chi connectivity index (χ1) is 19.0. The molecule has 8 rings (SSSR count). The molecule has 0 unspecified atom stereocenters. The first-order valence-corrected chi connectivity index (χ1v) is 13.3. The largest absolute Gasteiger partial charge is 0.274 e. The Hall–Kier alpha value is -4.48. The van der Waals surface area contributed by atoms with Gasteiger partial charge in [-0.2, -0.15) is 0 Å². The van der Waals surface area contributed by atoms with Crippen molar-refractivity contribution in [2.24, 2.45) is 22.7 Å². The zero-order valence-corrected chi connectivity index (χ0v) is 21.3. The van der Waals surface area contributed by atoms with Gasteiger partial charge >= 0.3 is 0 Å². The maximum atomic E-state index is 13.3. The van der Waals surface area contributed by atoms with E-state index in [1.54, 1.807) is 0 Å². The van der Waals surface area contributed by atoms with Crippen molar-refractivity contribution in [1.29, 1.82) is 0 Å². The van der Waals surface area contributed by atoms with Gasteiger partial charge in [-0.3, -0.25) is 49.2 Å². The van der Waals surface area contributed by atoms with Crippen LogP contribution < -0.4 is 0 Å². The molecule has 0 spiro atoms. The quantitative estimate of drug-likeness (QED) is 0.300. The Bertz CT molecular complexity index is 1470. The Morgan fingerprint density at radius 1 is 0.650 bits per heavy atom. The van der Waals surface area contributed by atoms with Gasteiger partial charge in [0.05, 0.1) is 32.1 Å². The van der Waals surface area contributed by atoms with Crippen LogP contribution in [-0.4, -0.2) is 56.4 Å². The van der Waals surface area contributed by atoms with E-state index in [9.17, 15) is 39.4 Å². The van der Waals surface area contributed by atoms with Crippen molar-refractivity contribution in [3.05, 3.63) is 78.9 Å². The number of nitrogens with zero attached hydrogens (tertiary/aromatic N) is 4. The summed E-state index contributed by atoms with van der Waals surface area (Å²) < 4.78 is 0. The first kappa shape index (κ1) is 24.6. The third kappa shape index (κ3) is 3.44. The minimum Gasteiger partial charge on any atom is -0.274 e. The molecular formula is C28H24N4O8. The van der Waals surface area contributed by atoms with Crippen LogP contribution in [0.25, 0.3) is 0 Å². The van der Waals surface area contributed by atoms with E-state index < -0.39 is 33.5 Å². The molecule has 4 amide bonds.